The zero-order valence-electron chi connectivity index (χ0n) is 11.8. The SMILES string of the molecule is OC1(CCc2cccs2)CCC(c2ccccc2)CC1. The molecule has 0 saturated heterocycles. The summed E-state index contributed by atoms with van der Waals surface area (Å²) in [5.74, 6) is 0.637. The molecule has 0 spiro atoms. The van der Waals surface area contributed by atoms with Gasteiger partial charge in [0.1, 0.15) is 0 Å². The molecule has 0 amide bonds. The first kappa shape index (κ1) is 13.8. The van der Waals surface area contributed by atoms with Crippen LogP contribution in [0.25, 0.3) is 0 Å². The van der Waals surface area contributed by atoms with Crippen molar-refractivity contribution in [3.05, 3.63) is 58.3 Å². The molecule has 3 rings (SSSR count). The molecule has 20 heavy (non-hydrogen) atoms. The molecule has 0 radical (unpaired) electrons. The average Bonchev–Trinajstić information content (AvgIpc) is 3.01. The summed E-state index contributed by atoms with van der Waals surface area (Å²) < 4.78 is 0. The lowest BCUT2D eigenvalue weighted by molar-refractivity contribution is -0.00800. The first-order chi connectivity index (χ1) is 9.75. The van der Waals surface area contributed by atoms with E-state index < -0.39 is 5.60 Å². The molecule has 2 aromatic rings. The molecule has 0 aliphatic heterocycles. The molecule has 1 aliphatic carbocycles. The van der Waals surface area contributed by atoms with Crippen LogP contribution in [-0.4, -0.2) is 10.7 Å². The Morgan fingerprint density at radius 2 is 1.80 bits per heavy atom. The third kappa shape index (κ3) is 3.31. The van der Waals surface area contributed by atoms with Crippen LogP contribution in [0.5, 0.6) is 0 Å². The largest absolute Gasteiger partial charge is 0.390 e. The molecule has 106 valence electrons. The van der Waals surface area contributed by atoms with E-state index in [4.69, 9.17) is 0 Å². The molecule has 0 bridgehead atoms. The summed E-state index contributed by atoms with van der Waals surface area (Å²) in [5.41, 5.74) is 1.00. The smallest absolute Gasteiger partial charge is 0.0651 e. The van der Waals surface area contributed by atoms with E-state index in [1.807, 2.05) is 0 Å². The third-order valence-electron chi connectivity index (χ3n) is 4.60. The highest BCUT2D eigenvalue weighted by atomic mass is 32.1. The van der Waals surface area contributed by atoms with Crippen molar-refractivity contribution in [3.63, 3.8) is 0 Å². The summed E-state index contributed by atoms with van der Waals surface area (Å²) in [6.45, 7) is 0. The van der Waals surface area contributed by atoms with Crippen LogP contribution in [0.4, 0.5) is 0 Å². The van der Waals surface area contributed by atoms with Gasteiger partial charge in [0.05, 0.1) is 5.60 Å². The lowest BCUT2D eigenvalue weighted by atomic mass is 9.74. The van der Waals surface area contributed by atoms with E-state index >= 15 is 0 Å². The standard InChI is InChI=1S/C18H22OS/c19-18(13-10-17-7-4-14-20-17)11-8-16(9-12-18)15-5-2-1-3-6-15/h1-7,14,16,19H,8-13H2. The number of thiophene rings is 1. The number of hydrogen-bond acceptors (Lipinski definition) is 2. The molecule has 1 aliphatic rings. The van der Waals surface area contributed by atoms with Gasteiger partial charge < -0.3 is 5.11 Å². The Morgan fingerprint density at radius 1 is 1.05 bits per heavy atom. The van der Waals surface area contributed by atoms with Crippen molar-refractivity contribution in [3.8, 4) is 0 Å². The van der Waals surface area contributed by atoms with Crippen molar-refractivity contribution in [2.24, 2.45) is 0 Å². The van der Waals surface area contributed by atoms with Crippen LogP contribution in [0.2, 0.25) is 0 Å². The van der Waals surface area contributed by atoms with Gasteiger partial charge in [-0.15, -0.1) is 11.3 Å². The monoisotopic (exact) mass is 286 g/mol. The van der Waals surface area contributed by atoms with Crippen LogP contribution in [0.15, 0.2) is 47.8 Å². The van der Waals surface area contributed by atoms with Gasteiger partial charge in [0.2, 0.25) is 0 Å². The maximum atomic E-state index is 10.7. The zero-order chi connectivity index (χ0) is 13.8. The van der Waals surface area contributed by atoms with Gasteiger partial charge in [-0.05, 0) is 61.5 Å². The van der Waals surface area contributed by atoms with E-state index in [1.54, 1.807) is 11.3 Å². The summed E-state index contributed by atoms with van der Waals surface area (Å²) in [6, 6.07) is 15.0. The highest BCUT2D eigenvalue weighted by molar-refractivity contribution is 7.09. The van der Waals surface area contributed by atoms with Gasteiger partial charge in [-0.25, -0.2) is 0 Å². The Bertz CT molecular complexity index is 510. The maximum Gasteiger partial charge on any atom is 0.0651 e. The quantitative estimate of drug-likeness (QED) is 0.858. The lowest BCUT2D eigenvalue weighted by Crippen LogP contribution is -2.34. The minimum atomic E-state index is -0.435. The van der Waals surface area contributed by atoms with Crippen molar-refractivity contribution in [2.45, 2.75) is 50.0 Å². The molecule has 1 nitrogen and oxygen atoms in total. The van der Waals surface area contributed by atoms with E-state index in [0.29, 0.717) is 5.92 Å². The second kappa shape index (κ2) is 6.11. The molecule has 1 saturated carbocycles. The Balaban J connectivity index is 1.54. The molecule has 1 aromatic heterocycles. The molecule has 1 fully saturated rings. The number of rotatable bonds is 4. The fourth-order valence-corrected chi connectivity index (χ4v) is 3.98. The van der Waals surface area contributed by atoms with Crippen LogP contribution in [-0.2, 0) is 6.42 Å². The topological polar surface area (TPSA) is 20.2 Å². The van der Waals surface area contributed by atoms with E-state index in [0.717, 1.165) is 38.5 Å². The molecule has 2 heteroatoms. The van der Waals surface area contributed by atoms with Crippen LogP contribution in [0, 0.1) is 0 Å². The first-order valence-corrected chi connectivity index (χ1v) is 8.43. The van der Waals surface area contributed by atoms with Crippen molar-refractivity contribution < 1.29 is 5.11 Å². The Labute approximate surface area is 125 Å². The summed E-state index contributed by atoms with van der Waals surface area (Å²) in [4.78, 5) is 1.39. The Kier molecular flexibility index (Phi) is 4.23. The summed E-state index contributed by atoms with van der Waals surface area (Å²) in [6.07, 6.45) is 6.05. The Hall–Kier alpha value is -1.12. The lowest BCUT2D eigenvalue weighted by Gasteiger charge is -2.36. The zero-order valence-corrected chi connectivity index (χ0v) is 12.6. The van der Waals surface area contributed by atoms with E-state index in [1.165, 1.54) is 10.4 Å². The maximum absolute atomic E-state index is 10.7. The second-order valence-electron chi connectivity index (χ2n) is 5.99. The van der Waals surface area contributed by atoms with Gasteiger partial charge in [0.25, 0.3) is 0 Å². The number of aliphatic hydroxyl groups is 1. The van der Waals surface area contributed by atoms with Crippen LogP contribution in [0.1, 0.15) is 48.5 Å². The minimum absolute atomic E-state index is 0.435. The number of aryl methyl sites for hydroxylation is 1. The predicted octanol–water partition coefficient (Wildman–Crippen LogP) is 4.77. The van der Waals surface area contributed by atoms with Gasteiger partial charge in [-0.1, -0.05) is 36.4 Å². The fourth-order valence-electron chi connectivity index (χ4n) is 3.27. The van der Waals surface area contributed by atoms with E-state index in [9.17, 15) is 5.11 Å². The highest BCUT2D eigenvalue weighted by Crippen LogP contribution is 2.40. The highest BCUT2D eigenvalue weighted by Gasteiger charge is 2.33. The fraction of sp³-hybridized carbons (Fsp3) is 0.444. The summed E-state index contributed by atoms with van der Waals surface area (Å²) in [7, 11) is 0. The molecule has 1 N–H and O–H groups in total. The van der Waals surface area contributed by atoms with Crippen LogP contribution < -0.4 is 0 Å². The van der Waals surface area contributed by atoms with Crippen molar-refractivity contribution in [1.82, 2.24) is 0 Å². The third-order valence-corrected chi connectivity index (χ3v) is 5.54. The van der Waals surface area contributed by atoms with Gasteiger partial charge in [0, 0.05) is 4.88 Å². The van der Waals surface area contributed by atoms with Crippen molar-refractivity contribution in [1.29, 1.82) is 0 Å². The van der Waals surface area contributed by atoms with Crippen molar-refractivity contribution in [2.75, 3.05) is 0 Å². The Morgan fingerprint density at radius 3 is 2.45 bits per heavy atom. The van der Waals surface area contributed by atoms with Crippen molar-refractivity contribution >= 4 is 11.3 Å². The molecule has 1 heterocycles. The average molecular weight is 286 g/mol. The van der Waals surface area contributed by atoms with Gasteiger partial charge >= 0.3 is 0 Å². The molecular formula is C18H22OS. The van der Waals surface area contributed by atoms with Gasteiger partial charge in [0.15, 0.2) is 0 Å². The number of hydrogen-bond donors (Lipinski definition) is 1. The first-order valence-electron chi connectivity index (χ1n) is 7.55. The molecular weight excluding hydrogens is 264 g/mol. The minimum Gasteiger partial charge on any atom is -0.390 e. The van der Waals surface area contributed by atoms with Gasteiger partial charge in [-0.3, -0.25) is 0 Å². The van der Waals surface area contributed by atoms with Crippen LogP contribution >= 0.6 is 11.3 Å². The normalized spacial score (nSPS) is 26.6. The summed E-state index contributed by atoms with van der Waals surface area (Å²) in [5, 5.41) is 12.9. The molecule has 0 atom stereocenters. The van der Waals surface area contributed by atoms with E-state index in [-0.39, 0.29) is 0 Å². The second-order valence-corrected chi connectivity index (χ2v) is 7.02. The molecule has 1 aromatic carbocycles. The van der Waals surface area contributed by atoms with E-state index in [2.05, 4.69) is 47.8 Å². The number of benzene rings is 1. The molecule has 0 unspecified atom stereocenters. The van der Waals surface area contributed by atoms with Crippen LogP contribution in [0.3, 0.4) is 0 Å². The predicted molar refractivity (Wildman–Crippen MR) is 85.2 cm³/mol. The summed E-state index contributed by atoms with van der Waals surface area (Å²) >= 11 is 1.80. The van der Waals surface area contributed by atoms with Gasteiger partial charge in [-0.2, -0.15) is 0 Å².